The van der Waals surface area contributed by atoms with Gasteiger partial charge in [-0.05, 0) is 44.5 Å². The van der Waals surface area contributed by atoms with Gasteiger partial charge >= 0.3 is 0 Å². The summed E-state index contributed by atoms with van der Waals surface area (Å²) < 4.78 is 5.96. The van der Waals surface area contributed by atoms with Crippen molar-refractivity contribution in [3.05, 3.63) is 65.4 Å². The first kappa shape index (κ1) is 20.7. The number of nitrogens with zero attached hydrogens (tertiary/aromatic N) is 4. The van der Waals surface area contributed by atoms with Gasteiger partial charge in [0.2, 0.25) is 5.88 Å². The smallest absolute Gasteiger partial charge is 0.276 e. The minimum absolute atomic E-state index is 0.185. The van der Waals surface area contributed by atoms with Gasteiger partial charge in [0.05, 0.1) is 11.9 Å². The molecule has 1 aliphatic heterocycles. The maximum Gasteiger partial charge on any atom is 0.276 e. The van der Waals surface area contributed by atoms with E-state index in [1.807, 2.05) is 31.2 Å². The number of piperidine rings is 1. The molecule has 0 atom stereocenters. The Bertz CT molecular complexity index is 1040. The van der Waals surface area contributed by atoms with Crippen molar-refractivity contribution < 1.29 is 9.53 Å². The van der Waals surface area contributed by atoms with Gasteiger partial charge in [0, 0.05) is 42.8 Å². The van der Waals surface area contributed by atoms with Crippen molar-refractivity contribution >= 4 is 23.7 Å². The lowest BCUT2D eigenvalue weighted by Crippen LogP contribution is -2.35. The molecule has 0 unspecified atom stereocenters. The van der Waals surface area contributed by atoms with E-state index in [2.05, 4.69) is 37.4 Å². The van der Waals surface area contributed by atoms with Gasteiger partial charge in [0.25, 0.3) is 5.91 Å². The van der Waals surface area contributed by atoms with E-state index in [4.69, 9.17) is 4.74 Å². The molecule has 0 spiro atoms. The van der Waals surface area contributed by atoms with E-state index in [1.54, 1.807) is 30.7 Å². The minimum Gasteiger partial charge on any atom is -0.474 e. The zero-order valence-corrected chi connectivity index (χ0v) is 17.7. The molecule has 2 N–H and O–H groups in total. The highest BCUT2D eigenvalue weighted by molar-refractivity contribution is 6.05. The summed E-state index contributed by atoms with van der Waals surface area (Å²) in [5.41, 5.74) is 3.40. The maximum absolute atomic E-state index is 12.8. The number of amides is 1. The molecular formula is C23H26N6O2. The molecule has 31 heavy (non-hydrogen) atoms. The van der Waals surface area contributed by atoms with Crippen molar-refractivity contribution in [3.63, 3.8) is 0 Å². The molecule has 0 radical (unpaired) electrons. The number of aryl methyl sites for hydroxylation is 1. The number of pyridine rings is 2. The number of ether oxygens (including phenoxy) is 1. The summed E-state index contributed by atoms with van der Waals surface area (Å²) in [4.78, 5) is 23.5. The average Bonchev–Trinajstić information content (AvgIpc) is 3.16. The van der Waals surface area contributed by atoms with Gasteiger partial charge in [-0.1, -0.05) is 18.2 Å². The second kappa shape index (κ2) is 9.53. The van der Waals surface area contributed by atoms with Gasteiger partial charge in [-0.3, -0.25) is 14.9 Å². The van der Waals surface area contributed by atoms with E-state index in [-0.39, 0.29) is 12.0 Å². The molecular weight excluding hydrogens is 392 g/mol. The molecule has 160 valence electrons. The van der Waals surface area contributed by atoms with Gasteiger partial charge < -0.3 is 15.0 Å². The molecule has 8 nitrogen and oxygen atoms in total. The second-order valence-electron chi connectivity index (χ2n) is 7.69. The van der Waals surface area contributed by atoms with Crippen LogP contribution >= 0.6 is 0 Å². The highest BCUT2D eigenvalue weighted by Crippen LogP contribution is 2.20. The summed E-state index contributed by atoms with van der Waals surface area (Å²) in [6, 6.07) is 7.38. The Morgan fingerprint density at radius 3 is 2.77 bits per heavy atom. The van der Waals surface area contributed by atoms with Gasteiger partial charge in [-0.15, -0.1) is 0 Å². The first-order valence-corrected chi connectivity index (χ1v) is 10.3. The lowest BCUT2D eigenvalue weighted by Gasteiger charge is -2.28. The third-order valence-corrected chi connectivity index (χ3v) is 5.28. The Kier molecular flexibility index (Phi) is 6.37. The largest absolute Gasteiger partial charge is 0.474 e. The topological polar surface area (TPSA) is 96.0 Å². The highest BCUT2D eigenvalue weighted by atomic mass is 16.5. The lowest BCUT2D eigenvalue weighted by atomic mass is 10.1. The molecule has 3 aromatic rings. The van der Waals surface area contributed by atoms with Gasteiger partial charge in [-0.25, -0.2) is 4.98 Å². The number of hydrogen-bond acceptors (Lipinski definition) is 6. The first-order valence-electron chi connectivity index (χ1n) is 10.3. The van der Waals surface area contributed by atoms with E-state index in [0.717, 1.165) is 42.8 Å². The third kappa shape index (κ3) is 5.35. The number of rotatable bonds is 6. The number of likely N-dealkylation sites (tertiary alicyclic amines) is 1. The van der Waals surface area contributed by atoms with Gasteiger partial charge in [0.1, 0.15) is 6.10 Å². The molecule has 0 bridgehead atoms. The SMILES string of the molecule is Cc1[nH]nc(C(=O)Nc2ccc(OC3CCN(C)CC3)nc2)c1/C=C/c1cccnc1. The fraction of sp³-hybridized carbons (Fsp3) is 0.304. The van der Waals surface area contributed by atoms with Crippen LogP contribution < -0.4 is 10.1 Å². The van der Waals surface area contributed by atoms with Crippen LogP contribution in [0.1, 0.15) is 40.2 Å². The van der Waals surface area contributed by atoms with Crippen LogP contribution in [-0.4, -0.2) is 57.2 Å². The Morgan fingerprint density at radius 1 is 1.23 bits per heavy atom. The number of carbonyl (C=O) groups excluding carboxylic acids is 1. The number of nitrogens with one attached hydrogen (secondary N) is 2. The summed E-state index contributed by atoms with van der Waals surface area (Å²) in [5.74, 6) is 0.268. The number of carbonyl (C=O) groups is 1. The van der Waals surface area contributed by atoms with Crippen LogP contribution in [0.2, 0.25) is 0 Å². The van der Waals surface area contributed by atoms with Crippen LogP contribution in [0, 0.1) is 6.92 Å². The fourth-order valence-electron chi connectivity index (χ4n) is 3.46. The molecule has 1 saturated heterocycles. The lowest BCUT2D eigenvalue weighted by molar-refractivity contribution is 0.102. The molecule has 0 saturated carbocycles. The molecule has 1 aliphatic rings. The van der Waals surface area contributed by atoms with E-state index < -0.39 is 0 Å². The van der Waals surface area contributed by atoms with Crippen molar-refractivity contribution in [2.45, 2.75) is 25.9 Å². The van der Waals surface area contributed by atoms with Crippen molar-refractivity contribution in [3.8, 4) is 5.88 Å². The summed E-state index contributed by atoms with van der Waals surface area (Å²) in [6.07, 6.45) is 11.0. The summed E-state index contributed by atoms with van der Waals surface area (Å²) in [6.45, 7) is 3.93. The van der Waals surface area contributed by atoms with Gasteiger partial charge in [0.15, 0.2) is 5.69 Å². The van der Waals surface area contributed by atoms with Crippen LogP contribution in [0.25, 0.3) is 12.2 Å². The highest BCUT2D eigenvalue weighted by Gasteiger charge is 2.19. The van der Waals surface area contributed by atoms with E-state index >= 15 is 0 Å². The Hall–Kier alpha value is -3.52. The molecule has 3 aromatic heterocycles. The van der Waals surface area contributed by atoms with Gasteiger partial charge in [-0.2, -0.15) is 5.10 Å². The Morgan fingerprint density at radius 2 is 2.06 bits per heavy atom. The number of anilines is 1. The zero-order chi connectivity index (χ0) is 21.6. The first-order chi connectivity index (χ1) is 15.1. The summed E-state index contributed by atoms with van der Waals surface area (Å²) in [5, 5.41) is 9.91. The van der Waals surface area contributed by atoms with Crippen LogP contribution in [-0.2, 0) is 0 Å². The zero-order valence-electron chi connectivity index (χ0n) is 17.7. The third-order valence-electron chi connectivity index (χ3n) is 5.28. The Labute approximate surface area is 181 Å². The monoisotopic (exact) mass is 418 g/mol. The van der Waals surface area contributed by atoms with Crippen molar-refractivity contribution in [2.75, 3.05) is 25.5 Å². The molecule has 4 heterocycles. The molecule has 4 rings (SSSR count). The van der Waals surface area contributed by atoms with Crippen LogP contribution in [0.15, 0.2) is 42.9 Å². The van der Waals surface area contributed by atoms with Crippen LogP contribution in [0.3, 0.4) is 0 Å². The van der Waals surface area contributed by atoms with Crippen molar-refractivity contribution in [1.82, 2.24) is 25.1 Å². The standard InChI is InChI=1S/C23H26N6O2/c1-16-20(7-5-17-4-3-11-24-14-17)22(28-27-16)23(30)26-18-6-8-21(25-15-18)31-19-9-12-29(2)13-10-19/h3-8,11,14-15,19H,9-10,12-13H2,1-2H3,(H,26,30)(H,27,28)/b7-5+. The van der Waals surface area contributed by atoms with E-state index in [9.17, 15) is 4.79 Å². The molecule has 8 heteroatoms. The van der Waals surface area contributed by atoms with Crippen molar-refractivity contribution in [1.29, 1.82) is 0 Å². The number of hydrogen-bond donors (Lipinski definition) is 2. The van der Waals surface area contributed by atoms with Crippen molar-refractivity contribution in [2.24, 2.45) is 0 Å². The van der Waals surface area contributed by atoms with E-state index in [1.165, 1.54) is 0 Å². The summed E-state index contributed by atoms with van der Waals surface area (Å²) in [7, 11) is 2.12. The van der Waals surface area contributed by atoms with E-state index in [0.29, 0.717) is 17.3 Å². The number of aromatic amines is 1. The summed E-state index contributed by atoms with van der Waals surface area (Å²) >= 11 is 0. The number of aromatic nitrogens is 4. The average molecular weight is 419 g/mol. The predicted octanol–water partition coefficient (Wildman–Crippen LogP) is 3.40. The Balaban J connectivity index is 1.40. The molecule has 0 aliphatic carbocycles. The quantitative estimate of drug-likeness (QED) is 0.637. The maximum atomic E-state index is 12.8. The van der Waals surface area contributed by atoms with Crippen LogP contribution in [0.4, 0.5) is 5.69 Å². The fourth-order valence-corrected chi connectivity index (χ4v) is 3.46. The second-order valence-corrected chi connectivity index (χ2v) is 7.69. The number of H-pyrrole nitrogens is 1. The normalized spacial score (nSPS) is 15.3. The molecule has 1 fully saturated rings. The molecule has 1 amide bonds. The predicted molar refractivity (Wildman–Crippen MR) is 120 cm³/mol. The van der Waals surface area contributed by atoms with Crippen LogP contribution in [0.5, 0.6) is 5.88 Å². The molecule has 0 aromatic carbocycles. The minimum atomic E-state index is -0.305.